The lowest BCUT2D eigenvalue weighted by atomic mass is 9.75. The fourth-order valence-electron chi connectivity index (χ4n) is 2.06. The lowest BCUT2D eigenvalue weighted by Crippen LogP contribution is -2.17. The number of rotatable bonds is 6. The molecule has 1 aliphatic rings. The van der Waals surface area contributed by atoms with Crippen LogP contribution >= 0.6 is 0 Å². The molecule has 0 bridgehead atoms. The van der Waals surface area contributed by atoms with E-state index >= 15 is 0 Å². The van der Waals surface area contributed by atoms with Crippen molar-refractivity contribution in [3.8, 4) is 0 Å². The number of allylic oxidation sites excluding steroid dienone is 4. The highest BCUT2D eigenvalue weighted by Crippen LogP contribution is 2.38. The van der Waals surface area contributed by atoms with Gasteiger partial charge in [0, 0.05) is 5.04 Å². The SMILES string of the molecule is C=C/C=C(\C=C1\OOOC1=C)C(C)(CC)CCC. The van der Waals surface area contributed by atoms with Crippen LogP contribution < -0.4 is 0 Å². The van der Waals surface area contributed by atoms with Gasteiger partial charge in [-0.2, -0.15) is 0 Å². The Morgan fingerprint density at radius 1 is 1.33 bits per heavy atom. The van der Waals surface area contributed by atoms with Gasteiger partial charge in [-0.05, 0) is 36.5 Å². The molecule has 1 fully saturated rings. The molecule has 1 saturated heterocycles. The second-order valence-corrected chi connectivity index (χ2v) is 4.69. The van der Waals surface area contributed by atoms with Gasteiger partial charge in [0.2, 0.25) is 11.5 Å². The molecule has 3 heteroatoms. The molecule has 0 saturated carbocycles. The van der Waals surface area contributed by atoms with Gasteiger partial charge in [-0.15, -0.1) is 0 Å². The van der Waals surface area contributed by atoms with Gasteiger partial charge in [0.25, 0.3) is 0 Å². The van der Waals surface area contributed by atoms with Crippen molar-refractivity contribution in [2.45, 2.75) is 40.0 Å². The van der Waals surface area contributed by atoms with Crippen LogP contribution in [0.4, 0.5) is 0 Å². The average molecular weight is 250 g/mol. The maximum atomic E-state index is 4.92. The maximum absolute atomic E-state index is 4.92. The van der Waals surface area contributed by atoms with E-state index in [9.17, 15) is 0 Å². The summed E-state index contributed by atoms with van der Waals surface area (Å²) in [7, 11) is 0. The summed E-state index contributed by atoms with van der Waals surface area (Å²) in [5.74, 6) is 0.902. The van der Waals surface area contributed by atoms with E-state index in [-0.39, 0.29) is 5.41 Å². The van der Waals surface area contributed by atoms with Crippen LogP contribution in [0.25, 0.3) is 0 Å². The van der Waals surface area contributed by atoms with Crippen LogP contribution in [0.1, 0.15) is 40.0 Å². The van der Waals surface area contributed by atoms with Gasteiger partial charge < -0.3 is 0 Å². The highest BCUT2D eigenvalue weighted by Gasteiger charge is 2.27. The topological polar surface area (TPSA) is 27.7 Å². The van der Waals surface area contributed by atoms with Gasteiger partial charge >= 0.3 is 0 Å². The molecular weight excluding hydrogens is 228 g/mol. The van der Waals surface area contributed by atoms with E-state index in [1.165, 1.54) is 0 Å². The molecule has 18 heavy (non-hydrogen) atoms. The van der Waals surface area contributed by atoms with Crippen LogP contribution in [0.3, 0.4) is 0 Å². The van der Waals surface area contributed by atoms with E-state index in [2.05, 4.69) is 39.0 Å². The van der Waals surface area contributed by atoms with E-state index in [0.29, 0.717) is 11.5 Å². The first kappa shape index (κ1) is 14.6. The molecule has 1 heterocycles. The summed E-state index contributed by atoms with van der Waals surface area (Å²) in [5, 5.41) is 4.43. The molecule has 1 unspecified atom stereocenters. The van der Waals surface area contributed by atoms with Crippen molar-refractivity contribution in [1.82, 2.24) is 0 Å². The molecule has 100 valence electrons. The van der Waals surface area contributed by atoms with Gasteiger partial charge in [0.1, 0.15) is 0 Å². The molecule has 0 aromatic carbocycles. The summed E-state index contributed by atoms with van der Waals surface area (Å²) >= 11 is 0. The van der Waals surface area contributed by atoms with Gasteiger partial charge in [0.15, 0.2) is 0 Å². The summed E-state index contributed by atoms with van der Waals surface area (Å²) in [6.07, 6.45) is 8.96. The summed E-state index contributed by atoms with van der Waals surface area (Å²) in [6, 6.07) is 0. The first-order valence-corrected chi connectivity index (χ1v) is 6.32. The Labute approximate surface area is 109 Å². The summed E-state index contributed by atoms with van der Waals surface area (Å²) in [4.78, 5) is 9.64. The lowest BCUT2D eigenvalue weighted by molar-refractivity contribution is -0.436. The second-order valence-electron chi connectivity index (χ2n) is 4.69. The third-order valence-corrected chi connectivity index (χ3v) is 3.40. The maximum Gasteiger partial charge on any atom is 0.215 e. The minimum absolute atomic E-state index is 0.0855. The summed E-state index contributed by atoms with van der Waals surface area (Å²) in [6.45, 7) is 14.1. The molecule has 0 amide bonds. The van der Waals surface area contributed by atoms with Crippen LogP contribution in [0, 0.1) is 5.41 Å². The lowest BCUT2D eigenvalue weighted by Gasteiger charge is -2.29. The highest BCUT2D eigenvalue weighted by molar-refractivity contribution is 5.35. The Bertz CT molecular complexity index is 379. The zero-order chi connectivity index (χ0) is 13.6. The molecular formula is C15H22O3. The second kappa shape index (κ2) is 6.45. The Hall–Kier alpha value is -1.48. The highest BCUT2D eigenvalue weighted by atomic mass is 17.5. The van der Waals surface area contributed by atoms with Crippen LogP contribution in [0.2, 0.25) is 0 Å². The number of hydrogen-bond acceptors (Lipinski definition) is 3. The van der Waals surface area contributed by atoms with Crippen LogP contribution in [0.15, 0.2) is 48.5 Å². The van der Waals surface area contributed by atoms with E-state index in [1.54, 1.807) is 6.08 Å². The van der Waals surface area contributed by atoms with E-state index in [1.807, 2.05) is 12.2 Å². The molecule has 0 aromatic rings. The summed E-state index contributed by atoms with van der Waals surface area (Å²) < 4.78 is 0. The fraction of sp³-hybridized carbons (Fsp3) is 0.467. The van der Waals surface area contributed by atoms with E-state index in [0.717, 1.165) is 24.8 Å². The molecule has 3 nitrogen and oxygen atoms in total. The molecule has 1 aliphatic heterocycles. The molecule has 1 atom stereocenters. The Morgan fingerprint density at radius 3 is 2.50 bits per heavy atom. The van der Waals surface area contributed by atoms with Crippen molar-refractivity contribution in [3.63, 3.8) is 0 Å². The molecule has 1 rings (SSSR count). The predicted octanol–water partition coefficient (Wildman–Crippen LogP) is 4.61. The molecule has 0 radical (unpaired) electrons. The monoisotopic (exact) mass is 250 g/mol. The summed E-state index contributed by atoms with van der Waals surface area (Å²) in [5.41, 5.74) is 1.23. The molecule has 0 aromatic heterocycles. The first-order chi connectivity index (χ1) is 8.57. The normalized spacial score (nSPS) is 21.4. The minimum Gasteiger partial charge on any atom is -0.296 e. The zero-order valence-electron chi connectivity index (χ0n) is 11.5. The van der Waals surface area contributed by atoms with Crippen molar-refractivity contribution in [2.24, 2.45) is 5.41 Å². The smallest absolute Gasteiger partial charge is 0.215 e. The van der Waals surface area contributed by atoms with E-state index in [4.69, 9.17) is 9.78 Å². The van der Waals surface area contributed by atoms with Gasteiger partial charge in [-0.1, -0.05) is 45.9 Å². The van der Waals surface area contributed by atoms with Gasteiger partial charge in [-0.3, -0.25) is 9.78 Å². The van der Waals surface area contributed by atoms with E-state index < -0.39 is 0 Å². The standard InChI is InChI=1S/C15H22O3/c1-6-9-13(15(5,8-3)10-7-2)11-14-12(4)16-18-17-14/h6,9,11H,1,4,7-8,10H2,2-3,5H3/b13-9+,14-11+. The fourth-order valence-corrected chi connectivity index (χ4v) is 2.06. The van der Waals surface area contributed by atoms with Crippen molar-refractivity contribution in [3.05, 3.63) is 48.5 Å². The zero-order valence-corrected chi connectivity index (χ0v) is 11.5. The number of hydrogen-bond donors (Lipinski definition) is 0. The van der Waals surface area contributed by atoms with Gasteiger partial charge in [0.05, 0.1) is 0 Å². The third-order valence-electron chi connectivity index (χ3n) is 3.40. The van der Waals surface area contributed by atoms with Gasteiger partial charge in [-0.25, -0.2) is 0 Å². The average Bonchev–Trinajstić information content (AvgIpc) is 2.75. The van der Waals surface area contributed by atoms with Crippen LogP contribution in [-0.4, -0.2) is 0 Å². The van der Waals surface area contributed by atoms with Crippen molar-refractivity contribution < 1.29 is 14.8 Å². The Kier molecular flexibility index (Phi) is 5.23. The van der Waals surface area contributed by atoms with Crippen molar-refractivity contribution in [1.29, 1.82) is 0 Å². The molecule has 0 spiro atoms. The first-order valence-electron chi connectivity index (χ1n) is 6.32. The largest absolute Gasteiger partial charge is 0.296 e. The minimum atomic E-state index is 0.0855. The molecule has 0 aliphatic carbocycles. The van der Waals surface area contributed by atoms with Crippen molar-refractivity contribution in [2.75, 3.05) is 0 Å². The van der Waals surface area contributed by atoms with Crippen molar-refractivity contribution >= 4 is 0 Å². The van der Waals surface area contributed by atoms with Crippen LogP contribution in [0.5, 0.6) is 0 Å². The van der Waals surface area contributed by atoms with Crippen LogP contribution in [-0.2, 0) is 14.8 Å². The quantitative estimate of drug-likeness (QED) is 0.509. The Morgan fingerprint density at radius 2 is 2.06 bits per heavy atom. The Balaban J connectivity index is 3.06. The predicted molar refractivity (Wildman–Crippen MR) is 72.1 cm³/mol. The molecule has 0 N–H and O–H groups in total. The third kappa shape index (κ3) is 3.26.